The summed E-state index contributed by atoms with van der Waals surface area (Å²) in [5.74, 6) is 0. The fraction of sp³-hybridized carbons (Fsp3) is 0.417. The van der Waals surface area contributed by atoms with Crippen LogP contribution in [0.3, 0.4) is 0 Å². The van der Waals surface area contributed by atoms with Gasteiger partial charge in [0.15, 0.2) is 0 Å². The number of carbonyl (C=O) groups is 1. The highest BCUT2D eigenvalue weighted by molar-refractivity contribution is 7.92. The summed E-state index contributed by atoms with van der Waals surface area (Å²) in [6.07, 6.45) is -4.62. The van der Waals surface area contributed by atoms with Crippen LogP contribution < -0.4 is 9.62 Å². The smallest absolute Gasteiger partial charge is 0.416 e. The van der Waals surface area contributed by atoms with E-state index in [1.54, 1.807) is 0 Å². The second kappa shape index (κ2) is 7.26. The molecule has 0 aliphatic rings. The maximum atomic E-state index is 12.8. The molecule has 1 N–H and O–H groups in total. The van der Waals surface area contributed by atoms with Crippen LogP contribution in [0.2, 0.25) is 5.02 Å². The molecule has 0 unspecified atom stereocenters. The lowest BCUT2D eigenvalue weighted by molar-refractivity contribution is -0.137. The Kier molecular flexibility index (Phi) is 6.11. The average molecular weight is 375 g/mol. The lowest BCUT2D eigenvalue weighted by Crippen LogP contribution is -2.38. The van der Waals surface area contributed by atoms with E-state index in [0.717, 1.165) is 25.5 Å². The predicted molar refractivity (Wildman–Crippen MR) is 79.1 cm³/mol. The van der Waals surface area contributed by atoms with E-state index < -0.39 is 27.9 Å². The van der Waals surface area contributed by atoms with Gasteiger partial charge in [-0.1, -0.05) is 11.6 Å². The van der Waals surface area contributed by atoms with Gasteiger partial charge in [-0.2, -0.15) is 13.2 Å². The highest BCUT2D eigenvalue weighted by Gasteiger charge is 2.32. The number of benzene rings is 1. The number of hydrogen-bond acceptors (Lipinski definition) is 4. The first kappa shape index (κ1) is 19.4. The zero-order valence-electron chi connectivity index (χ0n) is 12.1. The average Bonchev–Trinajstić information content (AvgIpc) is 2.41. The minimum atomic E-state index is -4.65. The third-order valence-corrected chi connectivity index (χ3v) is 4.21. The van der Waals surface area contributed by atoms with Gasteiger partial charge in [0.05, 0.1) is 36.2 Å². The predicted octanol–water partition coefficient (Wildman–Crippen LogP) is 2.48. The molecule has 1 aromatic carbocycles. The fourth-order valence-corrected chi connectivity index (χ4v) is 2.88. The van der Waals surface area contributed by atoms with E-state index in [9.17, 15) is 26.4 Å². The van der Waals surface area contributed by atoms with Crippen molar-refractivity contribution in [2.24, 2.45) is 0 Å². The Morgan fingerprint density at radius 2 is 2.00 bits per heavy atom. The lowest BCUT2D eigenvalue weighted by Gasteiger charge is -2.24. The van der Waals surface area contributed by atoms with Gasteiger partial charge in [-0.05, 0) is 18.2 Å². The Balaban J connectivity index is 3.15. The summed E-state index contributed by atoms with van der Waals surface area (Å²) in [5, 5.41) is 2.07. The van der Waals surface area contributed by atoms with Crippen LogP contribution in [0.1, 0.15) is 5.56 Å². The number of ether oxygens (including phenoxy) is 1. The summed E-state index contributed by atoms with van der Waals surface area (Å²) in [6.45, 7) is -0.485. The van der Waals surface area contributed by atoms with E-state index in [4.69, 9.17) is 11.6 Å². The monoisotopic (exact) mass is 374 g/mol. The van der Waals surface area contributed by atoms with Gasteiger partial charge < -0.3 is 10.1 Å². The van der Waals surface area contributed by atoms with Crippen molar-refractivity contribution < 1.29 is 31.1 Å². The highest BCUT2D eigenvalue weighted by Crippen LogP contribution is 2.36. The number of halogens is 4. The third-order valence-electron chi connectivity index (χ3n) is 2.71. The van der Waals surface area contributed by atoms with E-state index in [-0.39, 0.29) is 23.8 Å². The third kappa shape index (κ3) is 5.47. The number of alkyl carbamates (subject to hydrolysis) is 1. The Morgan fingerprint density at radius 3 is 2.48 bits per heavy atom. The summed E-state index contributed by atoms with van der Waals surface area (Å²) in [7, 11) is -2.80. The SMILES string of the molecule is COC(=O)NCCN(c1cc(C(F)(F)F)ccc1Cl)S(C)(=O)=O. The van der Waals surface area contributed by atoms with Crippen LogP contribution in [0.4, 0.5) is 23.7 Å². The van der Waals surface area contributed by atoms with Crippen LogP contribution >= 0.6 is 11.6 Å². The molecule has 0 radical (unpaired) electrons. The van der Waals surface area contributed by atoms with Crippen molar-refractivity contribution in [1.82, 2.24) is 5.32 Å². The number of carbonyl (C=O) groups excluding carboxylic acids is 1. The standard InChI is InChI=1S/C12H14ClF3N2O4S/c1-22-11(19)17-5-6-18(23(2,20)21)10-7-8(12(14,15)16)3-4-9(10)13/h3-4,7H,5-6H2,1-2H3,(H,17,19). The fourth-order valence-electron chi connectivity index (χ4n) is 1.68. The molecule has 23 heavy (non-hydrogen) atoms. The van der Waals surface area contributed by atoms with E-state index >= 15 is 0 Å². The van der Waals surface area contributed by atoms with Crippen LogP contribution in [-0.2, 0) is 20.9 Å². The minimum absolute atomic E-state index is 0.165. The normalized spacial score (nSPS) is 11.9. The van der Waals surface area contributed by atoms with Crippen LogP contribution in [-0.4, -0.2) is 41.0 Å². The molecule has 1 amide bonds. The summed E-state index contributed by atoms with van der Waals surface area (Å²) < 4.78 is 67.0. The minimum Gasteiger partial charge on any atom is -0.453 e. The number of rotatable bonds is 5. The molecule has 0 saturated heterocycles. The van der Waals surface area contributed by atoms with Crippen molar-refractivity contribution in [1.29, 1.82) is 0 Å². The van der Waals surface area contributed by atoms with Crippen LogP contribution in [0, 0.1) is 0 Å². The lowest BCUT2D eigenvalue weighted by atomic mass is 10.2. The first-order valence-electron chi connectivity index (χ1n) is 6.13. The number of nitrogens with one attached hydrogen (secondary N) is 1. The van der Waals surface area contributed by atoms with E-state index in [2.05, 4.69) is 10.1 Å². The van der Waals surface area contributed by atoms with E-state index in [1.165, 1.54) is 0 Å². The summed E-state index contributed by atoms with van der Waals surface area (Å²) >= 11 is 5.83. The molecular weight excluding hydrogens is 361 g/mol. The number of hydrogen-bond donors (Lipinski definition) is 1. The van der Waals surface area contributed by atoms with Gasteiger partial charge in [-0.3, -0.25) is 4.31 Å². The molecule has 0 heterocycles. The van der Waals surface area contributed by atoms with Gasteiger partial charge in [0.1, 0.15) is 0 Å². The summed E-state index contributed by atoms with van der Waals surface area (Å²) in [6, 6.07) is 2.35. The molecule has 0 aromatic heterocycles. The number of alkyl halides is 3. The summed E-state index contributed by atoms with van der Waals surface area (Å²) in [4.78, 5) is 11.0. The molecule has 0 aliphatic carbocycles. The van der Waals surface area contributed by atoms with Crippen molar-refractivity contribution in [3.05, 3.63) is 28.8 Å². The van der Waals surface area contributed by atoms with E-state index in [0.29, 0.717) is 10.4 Å². The van der Waals surface area contributed by atoms with Gasteiger partial charge >= 0.3 is 12.3 Å². The van der Waals surface area contributed by atoms with Gasteiger partial charge in [-0.15, -0.1) is 0 Å². The molecule has 1 rings (SSSR count). The molecule has 6 nitrogen and oxygen atoms in total. The molecule has 0 aliphatic heterocycles. The van der Waals surface area contributed by atoms with Gasteiger partial charge in [-0.25, -0.2) is 13.2 Å². The Labute approximate surface area is 136 Å². The molecule has 0 atom stereocenters. The Morgan fingerprint density at radius 1 is 1.39 bits per heavy atom. The molecule has 0 bridgehead atoms. The quantitative estimate of drug-likeness (QED) is 0.859. The number of amides is 1. The maximum absolute atomic E-state index is 12.8. The van der Waals surface area contributed by atoms with Gasteiger partial charge in [0, 0.05) is 6.54 Å². The number of nitrogens with zero attached hydrogens (tertiary/aromatic N) is 1. The van der Waals surface area contributed by atoms with Crippen LogP contribution in [0.5, 0.6) is 0 Å². The number of methoxy groups -OCH3 is 1. The maximum Gasteiger partial charge on any atom is 0.416 e. The second-order valence-corrected chi connectivity index (χ2v) is 6.73. The molecule has 0 fully saturated rings. The van der Waals surface area contributed by atoms with Crippen molar-refractivity contribution in [2.75, 3.05) is 30.8 Å². The second-order valence-electron chi connectivity index (χ2n) is 4.42. The Hall–Kier alpha value is -1.68. The zero-order chi connectivity index (χ0) is 17.8. The van der Waals surface area contributed by atoms with Gasteiger partial charge in [0.25, 0.3) is 0 Å². The molecule has 11 heteroatoms. The van der Waals surface area contributed by atoms with Crippen molar-refractivity contribution >= 4 is 33.4 Å². The number of sulfonamides is 1. The molecule has 130 valence electrons. The molecule has 1 aromatic rings. The van der Waals surface area contributed by atoms with Crippen molar-refractivity contribution in [3.8, 4) is 0 Å². The topological polar surface area (TPSA) is 75.7 Å². The van der Waals surface area contributed by atoms with Crippen molar-refractivity contribution in [2.45, 2.75) is 6.18 Å². The van der Waals surface area contributed by atoms with Gasteiger partial charge in [0.2, 0.25) is 10.0 Å². The summed E-state index contributed by atoms with van der Waals surface area (Å²) in [5.41, 5.74) is -1.36. The largest absolute Gasteiger partial charge is 0.453 e. The number of anilines is 1. The molecule has 0 spiro atoms. The first-order chi connectivity index (χ1) is 10.5. The molecular formula is C12H14ClF3N2O4S. The molecule has 0 saturated carbocycles. The van der Waals surface area contributed by atoms with Crippen molar-refractivity contribution in [3.63, 3.8) is 0 Å². The Bertz CT molecular complexity index is 679. The zero-order valence-corrected chi connectivity index (χ0v) is 13.7. The van der Waals surface area contributed by atoms with Crippen LogP contribution in [0.15, 0.2) is 18.2 Å². The highest BCUT2D eigenvalue weighted by atomic mass is 35.5. The van der Waals surface area contributed by atoms with Crippen LogP contribution in [0.25, 0.3) is 0 Å². The van der Waals surface area contributed by atoms with E-state index in [1.807, 2.05) is 0 Å². The first-order valence-corrected chi connectivity index (χ1v) is 8.35.